The van der Waals surface area contributed by atoms with Crippen LogP contribution in [0.1, 0.15) is 73.5 Å². The lowest BCUT2D eigenvalue weighted by Crippen LogP contribution is -3.00. The van der Waals surface area contributed by atoms with Gasteiger partial charge in [-0.2, -0.15) is 0 Å². The van der Waals surface area contributed by atoms with E-state index in [4.69, 9.17) is 0 Å². The molecule has 8 nitrogen and oxygen atoms in total. The Hall–Kier alpha value is -3.44. The van der Waals surface area contributed by atoms with E-state index in [1.165, 1.54) is 9.80 Å². The van der Waals surface area contributed by atoms with Crippen molar-refractivity contribution in [2.75, 3.05) is 67.5 Å². The van der Waals surface area contributed by atoms with Crippen LogP contribution in [-0.4, -0.2) is 110 Å². The lowest BCUT2D eigenvalue weighted by molar-refractivity contribution is -0.892. The van der Waals surface area contributed by atoms with E-state index in [1.807, 2.05) is 72.8 Å². The molecule has 2 heterocycles. The Morgan fingerprint density at radius 2 is 0.714 bits per heavy atom. The summed E-state index contributed by atoms with van der Waals surface area (Å²) in [5.41, 5.74) is 2.46. The summed E-state index contributed by atoms with van der Waals surface area (Å²) in [7, 11) is 8.88. The van der Waals surface area contributed by atoms with Crippen LogP contribution in [0.3, 0.4) is 0 Å². The van der Waals surface area contributed by atoms with Gasteiger partial charge in [0, 0.05) is 59.0 Å². The molecular weight excluding hydrogens is 748 g/mol. The van der Waals surface area contributed by atoms with Crippen LogP contribution in [0.15, 0.2) is 72.8 Å². The van der Waals surface area contributed by atoms with Crippen LogP contribution in [0.25, 0.3) is 21.5 Å². The second-order valence-electron chi connectivity index (χ2n) is 14.5. The van der Waals surface area contributed by atoms with E-state index < -0.39 is 0 Å². The van der Waals surface area contributed by atoms with Gasteiger partial charge < -0.3 is 42.9 Å². The molecule has 0 atom stereocenters. The Bertz CT molecular complexity index is 1650. The smallest absolute Gasteiger partial charge is 0.261 e. The monoisotopic (exact) mass is 792 g/mol. The number of halogens is 2. The Kier molecular flexibility index (Phi) is 12.2. The van der Waals surface area contributed by atoms with Crippen LogP contribution < -0.4 is 34.0 Å². The lowest BCUT2D eigenvalue weighted by Gasteiger charge is -2.33. The van der Waals surface area contributed by atoms with Gasteiger partial charge in [-0.1, -0.05) is 48.5 Å². The molecule has 0 spiro atoms. The first-order valence-electron chi connectivity index (χ1n) is 16.9. The van der Waals surface area contributed by atoms with Crippen molar-refractivity contribution in [3.63, 3.8) is 0 Å². The van der Waals surface area contributed by atoms with Crippen LogP contribution in [0, 0.1) is 0 Å². The average Bonchev–Trinajstić information content (AvgIpc) is 3.05. The van der Waals surface area contributed by atoms with Gasteiger partial charge in [0.25, 0.3) is 23.6 Å². The first-order chi connectivity index (χ1) is 22.5. The molecular formula is C39H46Br2N4O4. The van der Waals surface area contributed by atoms with Crippen LogP contribution in [-0.2, 0) is 0 Å². The Morgan fingerprint density at radius 1 is 0.429 bits per heavy atom. The number of nitrogens with zero attached hydrogens (tertiary/aromatic N) is 4. The van der Waals surface area contributed by atoms with Crippen molar-refractivity contribution < 1.29 is 62.1 Å². The minimum Gasteiger partial charge on any atom is -1.00 e. The predicted octanol–water partition coefficient (Wildman–Crippen LogP) is -0.00350. The maximum absolute atomic E-state index is 13.2. The highest BCUT2D eigenvalue weighted by Crippen LogP contribution is 2.31. The van der Waals surface area contributed by atoms with E-state index in [0.29, 0.717) is 35.3 Å². The van der Waals surface area contributed by atoms with Gasteiger partial charge in [0.05, 0.1) is 54.4 Å². The fourth-order valence-corrected chi connectivity index (χ4v) is 7.36. The Labute approximate surface area is 310 Å². The maximum Gasteiger partial charge on any atom is 0.261 e. The number of carbonyl (C=O) groups is 4. The quantitative estimate of drug-likeness (QED) is 0.103. The van der Waals surface area contributed by atoms with Crippen LogP contribution in [0.2, 0.25) is 0 Å². The average molecular weight is 795 g/mol. The van der Waals surface area contributed by atoms with Gasteiger partial charge in [-0.05, 0) is 54.3 Å². The standard InChI is InChI=1S/C39H46N4O4.2BrH/c1-42(2,26-12-22-40-36(44)30-18-8-14-28-15-9-19-31(34(28)30)37(40)45)24-6-5-7-25-43(3,4)27-13-23-41-38(46)32-20-10-16-29-17-11-21-33(35(29)32)39(41)47;;/h8-11,14-21H,5-7,12-13,22-27H2,1-4H3;2*1H/q+2;;/p-2. The van der Waals surface area contributed by atoms with Crippen molar-refractivity contribution in [1.82, 2.24) is 9.80 Å². The van der Waals surface area contributed by atoms with Crippen molar-refractivity contribution in [3.05, 3.63) is 95.1 Å². The number of benzene rings is 4. The summed E-state index contributed by atoms with van der Waals surface area (Å²) in [6.45, 7) is 4.68. The molecule has 4 aromatic carbocycles. The van der Waals surface area contributed by atoms with Crippen molar-refractivity contribution in [1.29, 1.82) is 0 Å². The van der Waals surface area contributed by atoms with E-state index >= 15 is 0 Å². The van der Waals surface area contributed by atoms with Crippen molar-refractivity contribution >= 4 is 45.2 Å². The highest BCUT2D eigenvalue weighted by molar-refractivity contribution is 6.26. The molecule has 4 amide bonds. The maximum atomic E-state index is 13.2. The molecule has 4 aromatic rings. The predicted molar refractivity (Wildman–Crippen MR) is 185 cm³/mol. The second kappa shape index (κ2) is 15.6. The Morgan fingerprint density at radius 3 is 1.02 bits per heavy atom. The van der Waals surface area contributed by atoms with Crippen LogP contribution in [0.4, 0.5) is 0 Å². The van der Waals surface area contributed by atoms with Gasteiger partial charge in [0.1, 0.15) is 0 Å². The van der Waals surface area contributed by atoms with E-state index in [0.717, 1.165) is 88.8 Å². The second-order valence-corrected chi connectivity index (χ2v) is 14.5. The largest absolute Gasteiger partial charge is 1.00 e. The molecule has 0 unspecified atom stereocenters. The zero-order chi connectivity index (χ0) is 33.3. The zero-order valence-corrected chi connectivity index (χ0v) is 32.1. The lowest BCUT2D eigenvalue weighted by atomic mass is 9.94. The number of rotatable bonds is 14. The molecule has 0 fully saturated rings. The molecule has 260 valence electrons. The molecule has 0 N–H and O–H groups in total. The van der Waals surface area contributed by atoms with Gasteiger partial charge >= 0.3 is 0 Å². The van der Waals surface area contributed by atoms with Crippen molar-refractivity contribution in [2.24, 2.45) is 0 Å². The molecule has 6 rings (SSSR count). The third kappa shape index (κ3) is 7.98. The van der Waals surface area contributed by atoms with Crippen LogP contribution >= 0.6 is 0 Å². The van der Waals surface area contributed by atoms with E-state index in [9.17, 15) is 19.2 Å². The summed E-state index contributed by atoms with van der Waals surface area (Å²) < 4.78 is 1.69. The Balaban J connectivity index is 0.00000270. The zero-order valence-electron chi connectivity index (χ0n) is 28.9. The van der Waals surface area contributed by atoms with Gasteiger partial charge in [-0.3, -0.25) is 29.0 Å². The molecule has 49 heavy (non-hydrogen) atoms. The van der Waals surface area contributed by atoms with Crippen LogP contribution in [0.5, 0.6) is 0 Å². The van der Waals surface area contributed by atoms with E-state index in [1.54, 1.807) is 0 Å². The normalized spacial score (nSPS) is 14.4. The third-order valence-corrected chi connectivity index (χ3v) is 10.0. The van der Waals surface area contributed by atoms with Gasteiger partial charge in [-0.15, -0.1) is 0 Å². The van der Waals surface area contributed by atoms with Crippen molar-refractivity contribution in [2.45, 2.75) is 32.1 Å². The molecule has 2 aliphatic heterocycles. The molecule has 0 aromatic heterocycles. The fourth-order valence-electron chi connectivity index (χ4n) is 7.36. The molecule has 0 aliphatic carbocycles. The number of unbranched alkanes of at least 4 members (excludes halogenated alkanes) is 2. The number of hydrogen-bond donors (Lipinski definition) is 0. The summed E-state index contributed by atoms with van der Waals surface area (Å²) in [6.07, 6.45) is 4.85. The number of amides is 4. The molecule has 0 radical (unpaired) electrons. The topological polar surface area (TPSA) is 74.8 Å². The number of hydrogen-bond acceptors (Lipinski definition) is 4. The molecule has 0 saturated heterocycles. The highest BCUT2D eigenvalue weighted by Gasteiger charge is 2.34. The molecule has 0 bridgehead atoms. The number of imide groups is 2. The van der Waals surface area contributed by atoms with Gasteiger partial charge in [0.15, 0.2) is 0 Å². The highest BCUT2D eigenvalue weighted by atomic mass is 79.9. The van der Waals surface area contributed by atoms with E-state index in [2.05, 4.69) is 28.2 Å². The third-order valence-electron chi connectivity index (χ3n) is 10.0. The summed E-state index contributed by atoms with van der Waals surface area (Å²) in [4.78, 5) is 55.7. The summed E-state index contributed by atoms with van der Waals surface area (Å²) in [5.74, 6) is -0.769. The van der Waals surface area contributed by atoms with Gasteiger partial charge in [-0.25, -0.2) is 0 Å². The molecule has 10 heteroatoms. The number of carbonyl (C=O) groups excluding carboxylic acids is 4. The number of quaternary nitrogens is 2. The fraction of sp³-hybridized carbons (Fsp3) is 0.385. The molecule has 2 aliphatic rings. The summed E-state index contributed by atoms with van der Waals surface area (Å²) in [5, 5.41) is 3.40. The summed E-state index contributed by atoms with van der Waals surface area (Å²) in [6, 6.07) is 22.6. The summed E-state index contributed by atoms with van der Waals surface area (Å²) >= 11 is 0. The van der Waals surface area contributed by atoms with E-state index in [-0.39, 0.29) is 57.6 Å². The minimum absolute atomic E-state index is 0. The first-order valence-corrected chi connectivity index (χ1v) is 16.9. The SMILES string of the molecule is C[N+](C)(CCCCC[N+](C)(C)CCCN1C(=O)c2cccc3cccc(c23)C1=O)CCCN1C(=O)c2cccc3cccc(c23)C1=O.[Br-].[Br-]. The van der Waals surface area contributed by atoms with Crippen molar-refractivity contribution in [3.8, 4) is 0 Å². The van der Waals surface area contributed by atoms with Gasteiger partial charge in [0.2, 0.25) is 0 Å². The molecule has 0 saturated carbocycles. The first kappa shape index (κ1) is 38.4. The minimum atomic E-state index is -0.192.